The van der Waals surface area contributed by atoms with Crippen molar-refractivity contribution in [2.75, 3.05) is 12.8 Å². The van der Waals surface area contributed by atoms with Crippen molar-refractivity contribution in [2.24, 2.45) is 0 Å². The van der Waals surface area contributed by atoms with Gasteiger partial charge in [0.05, 0.1) is 7.11 Å². The molecule has 3 aromatic rings. The average Bonchev–Trinajstić information content (AvgIpc) is 2.63. The van der Waals surface area contributed by atoms with Crippen LogP contribution < -0.4 is 10.5 Å². The third-order valence-corrected chi connectivity index (χ3v) is 4.30. The van der Waals surface area contributed by atoms with Gasteiger partial charge in [0.25, 0.3) is 0 Å². The van der Waals surface area contributed by atoms with E-state index >= 15 is 0 Å². The van der Waals surface area contributed by atoms with E-state index in [2.05, 4.69) is 0 Å². The van der Waals surface area contributed by atoms with Crippen LogP contribution in [0.1, 0.15) is 16.7 Å². The first-order valence-corrected chi connectivity index (χ1v) is 7.90. The van der Waals surface area contributed by atoms with Gasteiger partial charge in [0.2, 0.25) is 0 Å². The van der Waals surface area contributed by atoms with Crippen molar-refractivity contribution >= 4 is 5.69 Å². The Labute approximate surface area is 142 Å². The number of aliphatic hydroxyl groups is 1. The van der Waals surface area contributed by atoms with Gasteiger partial charge in [-0.3, -0.25) is 0 Å². The highest BCUT2D eigenvalue weighted by molar-refractivity contribution is 5.54. The number of rotatable bonds is 5. The van der Waals surface area contributed by atoms with Crippen LogP contribution in [0.5, 0.6) is 5.75 Å². The van der Waals surface area contributed by atoms with Crippen LogP contribution >= 0.6 is 0 Å². The van der Waals surface area contributed by atoms with Gasteiger partial charge in [-0.1, -0.05) is 66.7 Å². The lowest BCUT2D eigenvalue weighted by molar-refractivity contribution is 0.0812. The fourth-order valence-corrected chi connectivity index (χ4v) is 3.06. The summed E-state index contributed by atoms with van der Waals surface area (Å²) in [6.45, 7) is 0. The Hall–Kier alpha value is -2.78. The second-order valence-electron chi connectivity index (χ2n) is 5.80. The van der Waals surface area contributed by atoms with Crippen molar-refractivity contribution < 1.29 is 9.84 Å². The highest BCUT2D eigenvalue weighted by Gasteiger charge is 2.34. The summed E-state index contributed by atoms with van der Waals surface area (Å²) in [5.74, 6) is 0.751. The molecule has 122 valence electrons. The van der Waals surface area contributed by atoms with Gasteiger partial charge in [0.1, 0.15) is 11.4 Å². The van der Waals surface area contributed by atoms with Crippen molar-refractivity contribution in [1.82, 2.24) is 0 Å². The number of nitrogen functional groups attached to an aromatic ring is 1. The summed E-state index contributed by atoms with van der Waals surface area (Å²) in [6.07, 6.45) is 0.370. The van der Waals surface area contributed by atoms with E-state index in [9.17, 15) is 5.11 Å². The topological polar surface area (TPSA) is 55.5 Å². The Bertz CT molecular complexity index is 817. The summed E-state index contributed by atoms with van der Waals surface area (Å²) in [4.78, 5) is 0. The maximum Gasteiger partial charge on any atom is 0.122 e. The molecule has 0 fully saturated rings. The molecule has 0 aliphatic carbocycles. The predicted molar refractivity (Wildman–Crippen MR) is 97.0 cm³/mol. The summed E-state index contributed by atoms with van der Waals surface area (Å²) >= 11 is 0. The van der Waals surface area contributed by atoms with Gasteiger partial charge in [0, 0.05) is 17.7 Å². The molecule has 0 spiro atoms. The van der Waals surface area contributed by atoms with Crippen LogP contribution in [0.15, 0.2) is 78.9 Å². The molecule has 1 unspecified atom stereocenters. The second-order valence-corrected chi connectivity index (χ2v) is 5.80. The highest BCUT2D eigenvalue weighted by Crippen LogP contribution is 2.38. The van der Waals surface area contributed by atoms with Crippen LogP contribution in [0.4, 0.5) is 5.69 Å². The summed E-state index contributed by atoms with van der Waals surface area (Å²) in [5, 5.41) is 11.7. The SMILES string of the molecule is COc1ccccc1CC(O)(c1ccccc1)c1ccccc1N. The molecule has 0 aromatic heterocycles. The average molecular weight is 319 g/mol. The zero-order chi connectivity index (χ0) is 17.0. The molecule has 3 N–H and O–H groups in total. The fraction of sp³-hybridized carbons (Fsp3) is 0.143. The van der Waals surface area contributed by atoms with Crippen molar-refractivity contribution in [1.29, 1.82) is 0 Å². The van der Waals surface area contributed by atoms with Crippen LogP contribution in [0.25, 0.3) is 0 Å². The Balaban J connectivity index is 2.15. The van der Waals surface area contributed by atoms with Crippen molar-refractivity contribution in [3.8, 4) is 5.75 Å². The van der Waals surface area contributed by atoms with Crippen molar-refractivity contribution in [3.63, 3.8) is 0 Å². The number of hydrogen-bond acceptors (Lipinski definition) is 3. The third-order valence-electron chi connectivity index (χ3n) is 4.30. The first-order chi connectivity index (χ1) is 11.6. The van der Waals surface area contributed by atoms with Gasteiger partial charge in [-0.25, -0.2) is 0 Å². The minimum Gasteiger partial charge on any atom is -0.496 e. The van der Waals surface area contributed by atoms with E-state index in [1.165, 1.54) is 0 Å². The molecule has 3 aromatic carbocycles. The van der Waals surface area contributed by atoms with Crippen LogP contribution in [-0.2, 0) is 12.0 Å². The van der Waals surface area contributed by atoms with Crippen LogP contribution in [0.3, 0.4) is 0 Å². The molecule has 0 saturated heterocycles. The van der Waals surface area contributed by atoms with Crippen molar-refractivity contribution in [3.05, 3.63) is 95.6 Å². The van der Waals surface area contributed by atoms with E-state index in [0.717, 1.165) is 16.9 Å². The lowest BCUT2D eigenvalue weighted by atomic mass is 9.80. The number of hydrogen-bond donors (Lipinski definition) is 2. The van der Waals surface area contributed by atoms with Gasteiger partial charge in [0.15, 0.2) is 0 Å². The lowest BCUT2D eigenvalue weighted by Gasteiger charge is -2.31. The molecular formula is C21H21NO2. The molecule has 0 radical (unpaired) electrons. The van der Waals surface area contributed by atoms with Gasteiger partial charge < -0.3 is 15.6 Å². The molecule has 0 heterocycles. The Morgan fingerprint density at radius 3 is 2.21 bits per heavy atom. The minimum absolute atomic E-state index is 0.370. The van der Waals surface area contributed by atoms with Gasteiger partial charge in [-0.05, 0) is 23.3 Å². The largest absolute Gasteiger partial charge is 0.496 e. The molecule has 0 aliphatic rings. The highest BCUT2D eigenvalue weighted by atomic mass is 16.5. The quantitative estimate of drug-likeness (QED) is 0.704. The van der Waals surface area contributed by atoms with E-state index < -0.39 is 5.60 Å². The maximum atomic E-state index is 11.7. The second kappa shape index (κ2) is 6.77. The number of ether oxygens (including phenoxy) is 1. The van der Waals surface area contributed by atoms with E-state index in [4.69, 9.17) is 10.5 Å². The van der Waals surface area contributed by atoms with Gasteiger partial charge >= 0.3 is 0 Å². The molecule has 0 aliphatic heterocycles. The molecule has 24 heavy (non-hydrogen) atoms. The number of para-hydroxylation sites is 2. The summed E-state index contributed by atoms with van der Waals surface area (Å²) in [6, 6.07) is 24.8. The molecule has 0 amide bonds. The standard InChI is InChI=1S/C21H21NO2/c1-24-20-14-8-5-9-16(20)15-21(23,17-10-3-2-4-11-17)18-12-6-7-13-19(18)22/h2-14,23H,15,22H2,1H3. The smallest absolute Gasteiger partial charge is 0.122 e. The van der Waals surface area contributed by atoms with Crippen LogP contribution in [0, 0.1) is 0 Å². The monoisotopic (exact) mass is 319 g/mol. The molecule has 3 nitrogen and oxygen atoms in total. The van der Waals surface area contributed by atoms with Crippen molar-refractivity contribution in [2.45, 2.75) is 12.0 Å². The summed E-state index contributed by atoms with van der Waals surface area (Å²) in [7, 11) is 1.64. The normalized spacial score (nSPS) is 13.2. The van der Waals surface area contributed by atoms with E-state index in [1.807, 2.05) is 78.9 Å². The van der Waals surface area contributed by atoms with Gasteiger partial charge in [-0.2, -0.15) is 0 Å². The third kappa shape index (κ3) is 2.99. The zero-order valence-corrected chi connectivity index (χ0v) is 13.6. The Morgan fingerprint density at radius 1 is 0.875 bits per heavy atom. The first-order valence-electron chi connectivity index (χ1n) is 7.90. The number of benzene rings is 3. The number of nitrogens with two attached hydrogens (primary N) is 1. The Kier molecular flexibility index (Phi) is 4.54. The van der Waals surface area contributed by atoms with E-state index in [1.54, 1.807) is 7.11 Å². The number of methoxy groups -OCH3 is 1. The zero-order valence-electron chi connectivity index (χ0n) is 13.6. The minimum atomic E-state index is -1.23. The van der Waals surface area contributed by atoms with Crippen LogP contribution in [-0.4, -0.2) is 12.2 Å². The molecule has 3 heteroatoms. The lowest BCUT2D eigenvalue weighted by Crippen LogP contribution is -2.31. The summed E-state index contributed by atoms with van der Waals surface area (Å²) in [5.41, 5.74) is 7.93. The van der Waals surface area contributed by atoms with Gasteiger partial charge in [-0.15, -0.1) is 0 Å². The molecule has 0 saturated carbocycles. The predicted octanol–water partition coefficient (Wildman–Crippen LogP) is 3.76. The molecule has 3 rings (SSSR count). The summed E-state index contributed by atoms with van der Waals surface area (Å²) < 4.78 is 5.45. The molecular weight excluding hydrogens is 298 g/mol. The van der Waals surface area contributed by atoms with Crippen LogP contribution in [0.2, 0.25) is 0 Å². The fourth-order valence-electron chi connectivity index (χ4n) is 3.06. The van der Waals surface area contributed by atoms with E-state index in [0.29, 0.717) is 17.7 Å². The molecule has 1 atom stereocenters. The Morgan fingerprint density at radius 2 is 1.50 bits per heavy atom. The molecule has 0 bridgehead atoms. The maximum absolute atomic E-state index is 11.7. The van der Waals surface area contributed by atoms with E-state index in [-0.39, 0.29) is 0 Å². The first kappa shape index (κ1) is 16.1. The number of anilines is 1.